The van der Waals surface area contributed by atoms with E-state index in [1.165, 1.54) is 16.7 Å². The van der Waals surface area contributed by atoms with Crippen LogP contribution in [0, 0.1) is 12.7 Å². The molecule has 0 aliphatic heterocycles. The standard InChI is InChI=1S/C21H25FN6O3/c1-11-8-14(18(23)29)15(22)9-16(11)25-20-24-10-17-19(26-20)28(21(30)27(17)2)12-4-6-13(31-3)7-5-12/h8-10,12-13H,4-7H2,1-3H3,(H2,23,29)(H,24,25,26)/t12-,13-. The number of methoxy groups -OCH3 is 1. The summed E-state index contributed by atoms with van der Waals surface area (Å²) in [6.45, 7) is 1.72. The molecule has 1 aliphatic rings. The first kappa shape index (κ1) is 21.0. The van der Waals surface area contributed by atoms with Gasteiger partial charge in [0.05, 0.1) is 17.9 Å². The number of nitrogens with one attached hydrogen (secondary N) is 1. The summed E-state index contributed by atoms with van der Waals surface area (Å²) >= 11 is 0. The van der Waals surface area contributed by atoms with E-state index in [2.05, 4.69) is 15.3 Å². The molecule has 0 radical (unpaired) electrons. The lowest BCUT2D eigenvalue weighted by molar-refractivity contribution is 0.0584. The van der Waals surface area contributed by atoms with Gasteiger partial charge in [-0.15, -0.1) is 0 Å². The number of fused-ring (bicyclic) bond motifs is 1. The van der Waals surface area contributed by atoms with Crippen molar-refractivity contribution < 1.29 is 13.9 Å². The molecule has 2 aromatic heterocycles. The van der Waals surface area contributed by atoms with Crippen molar-refractivity contribution in [3.8, 4) is 0 Å². The highest BCUT2D eigenvalue weighted by Crippen LogP contribution is 2.31. The molecule has 2 heterocycles. The quantitative estimate of drug-likeness (QED) is 0.645. The molecule has 3 N–H and O–H groups in total. The van der Waals surface area contributed by atoms with Crippen LogP contribution in [0.25, 0.3) is 11.2 Å². The van der Waals surface area contributed by atoms with Crippen LogP contribution in [0.15, 0.2) is 23.1 Å². The second-order valence-electron chi connectivity index (χ2n) is 7.92. The largest absolute Gasteiger partial charge is 0.381 e. The van der Waals surface area contributed by atoms with Gasteiger partial charge in [0.1, 0.15) is 11.3 Å². The third-order valence-electron chi connectivity index (χ3n) is 6.00. The maximum Gasteiger partial charge on any atom is 0.330 e. The second-order valence-corrected chi connectivity index (χ2v) is 7.92. The summed E-state index contributed by atoms with van der Waals surface area (Å²) in [5.74, 6) is -1.33. The second kappa shape index (κ2) is 8.10. The number of hydrogen-bond donors (Lipinski definition) is 2. The third-order valence-corrected chi connectivity index (χ3v) is 6.00. The molecule has 1 aliphatic carbocycles. The van der Waals surface area contributed by atoms with E-state index < -0.39 is 11.7 Å². The summed E-state index contributed by atoms with van der Waals surface area (Å²) in [4.78, 5) is 33.1. The number of nitrogens with two attached hydrogens (primary N) is 1. The maximum absolute atomic E-state index is 14.2. The highest BCUT2D eigenvalue weighted by molar-refractivity contribution is 5.94. The van der Waals surface area contributed by atoms with Crippen LogP contribution < -0.4 is 16.7 Å². The Labute approximate surface area is 178 Å². The average molecular weight is 428 g/mol. The zero-order chi connectivity index (χ0) is 22.3. The van der Waals surface area contributed by atoms with Gasteiger partial charge < -0.3 is 15.8 Å². The van der Waals surface area contributed by atoms with E-state index >= 15 is 0 Å². The van der Waals surface area contributed by atoms with Crippen LogP contribution in [-0.2, 0) is 11.8 Å². The van der Waals surface area contributed by atoms with Crippen molar-refractivity contribution in [3.05, 3.63) is 45.8 Å². The number of ether oxygens (including phenoxy) is 1. The molecule has 1 saturated carbocycles. The minimum atomic E-state index is -0.832. The van der Waals surface area contributed by atoms with Gasteiger partial charge in [-0.1, -0.05) is 0 Å². The van der Waals surface area contributed by atoms with E-state index in [4.69, 9.17) is 10.5 Å². The molecule has 10 heteroatoms. The average Bonchev–Trinajstić information content (AvgIpc) is 3.00. The molecule has 4 rings (SSSR count). The molecule has 0 unspecified atom stereocenters. The Morgan fingerprint density at radius 1 is 1.29 bits per heavy atom. The molecule has 9 nitrogen and oxygen atoms in total. The summed E-state index contributed by atoms with van der Waals surface area (Å²) < 4.78 is 22.9. The number of aromatic nitrogens is 4. The number of carbonyl (C=O) groups excluding carboxylic acids is 1. The smallest absolute Gasteiger partial charge is 0.330 e. The normalized spacial score (nSPS) is 19.0. The molecule has 164 valence electrons. The number of primary amides is 1. The number of halogens is 1. The van der Waals surface area contributed by atoms with Gasteiger partial charge in [-0.25, -0.2) is 14.2 Å². The first-order valence-electron chi connectivity index (χ1n) is 10.1. The summed E-state index contributed by atoms with van der Waals surface area (Å²) in [7, 11) is 3.40. The Bertz CT molecular complexity index is 1210. The highest BCUT2D eigenvalue weighted by Gasteiger charge is 2.26. The summed E-state index contributed by atoms with van der Waals surface area (Å²) in [5.41, 5.74) is 7.05. The van der Waals surface area contributed by atoms with Crippen molar-refractivity contribution in [3.63, 3.8) is 0 Å². The zero-order valence-electron chi connectivity index (χ0n) is 17.7. The maximum atomic E-state index is 14.2. The zero-order valence-corrected chi connectivity index (χ0v) is 17.7. The van der Waals surface area contributed by atoms with Crippen molar-refractivity contribution in [2.45, 2.75) is 44.8 Å². The first-order chi connectivity index (χ1) is 14.8. The summed E-state index contributed by atoms with van der Waals surface area (Å²) in [6, 6.07) is 2.59. The SMILES string of the molecule is CO[C@H]1CC[C@H](n2c(=O)n(C)c3cnc(Nc4cc(F)c(C(N)=O)cc4C)nc32)CC1. The molecule has 1 amide bonds. The molecule has 0 bridgehead atoms. The van der Waals surface area contributed by atoms with Crippen molar-refractivity contribution >= 4 is 28.7 Å². The van der Waals surface area contributed by atoms with E-state index in [1.807, 2.05) is 0 Å². The molecule has 0 atom stereocenters. The fourth-order valence-corrected chi connectivity index (χ4v) is 4.19. The number of aryl methyl sites for hydroxylation is 2. The van der Waals surface area contributed by atoms with Gasteiger partial charge in [-0.05, 0) is 50.3 Å². The molecular formula is C21H25FN6O3. The van der Waals surface area contributed by atoms with Crippen LogP contribution in [-0.4, -0.2) is 38.2 Å². The van der Waals surface area contributed by atoms with Crippen molar-refractivity contribution in [1.29, 1.82) is 0 Å². The Morgan fingerprint density at radius 3 is 2.65 bits per heavy atom. The number of amides is 1. The molecule has 1 aromatic carbocycles. The molecule has 31 heavy (non-hydrogen) atoms. The van der Waals surface area contributed by atoms with E-state index in [0.29, 0.717) is 22.4 Å². The van der Waals surface area contributed by atoms with Gasteiger partial charge in [0.2, 0.25) is 5.95 Å². The van der Waals surface area contributed by atoms with Crippen LogP contribution in [0.1, 0.15) is 47.6 Å². The van der Waals surface area contributed by atoms with Crippen LogP contribution >= 0.6 is 0 Å². The summed E-state index contributed by atoms with van der Waals surface area (Å²) in [5, 5.41) is 2.99. The predicted molar refractivity (Wildman–Crippen MR) is 114 cm³/mol. The third kappa shape index (κ3) is 3.78. The number of rotatable bonds is 5. The van der Waals surface area contributed by atoms with Crippen LogP contribution in [0.4, 0.5) is 16.0 Å². The van der Waals surface area contributed by atoms with Crippen LogP contribution in [0.5, 0.6) is 0 Å². The lowest BCUT2D eigenvalue weighted by atomic mass is 9.93. The van der Waals surface area contributed by atoms with Crippen LogP contribution in [0.3, 0.4) is 0 Å². The highest BCUT2D eigenvalue weighted by atomic mass is 19.1. The summed E-state index contributed by atoms with van der Waals surface area (Å²) in [6.07, 6.45) is 5.20. The van der Waals surface area contributed by atoms with E-state index in [0.717, 1.165) is 25.7 Å². The van der Waals surface area contributed by atoms with E-state index in [-0.39, 0.29) is 29.3 Å². The van der Waals surface area contributed by atoms with Crippen molar-refractivity contribution in [1.82, 2.24) is 19.1 Å². The lowest BCUT2D eigenvalue weighted by Crippen LogP contribution is -2.30. The predicted octanol–water partition coefficient (Wildman–Crippen LogP) is 2.55. The van der Waals surface area contributed by atoms with Crippen molar-refractivity contribution in [2.75, 3.05) is 12.4 Å². The topological polar surface area (TPSA) is 117 Å². The van der Waals surface area contributed by atoms with Crippen molar-refractivity contribution in [2.24, 2.45) is 12.8 Å². The first-order valence-corrected chi connectivity index (χ1v) is 10.1. The minimum absolute atomic E-state index is 0.0272. The molecular weight excluding hydrogens is 403 g/mol. The number of imidazole rings is 1. The number of nitrogens with zero attached hydrogens (tertiary/aromatic N) is 4. The minimum Gasteiger partial charge on any atom is -0.381 e. The monoisotopic (exact) mass is 428 g/mol. The molecule has 3 aromatic rings. The van der Waals surface area contributed by atoms with Gasteiger partial charge >= 0.3 is 5.69 Å². The fraction of sp³-hybridized carbons (Fsp3) is 0.429. The van der Waals surface area contributed by atoms with Gasteiger partial charge in [-0.3, -0.25) is 13.9 Å². The number of benzene rings is 1. The Hall–Kier alpha value is -3.27. The Balaban J connectivity index is 1.71. The fourth-order valence-electron chi connectivity index (χ4n) is 4.19. The molecule has 0 spiro atoms. The van der Waals surface area contributed by atoms with Gasteiger partial charge in [0.25, 0.3) is 5.91 Å². The van der Waals surface area contributed by atoms with E-state index in [9.17, 15) is 14.0 Å². The van der Waals surface area contributed by atoms with Crippen LogP contribution in [0.2, 0.25) is 0 Å². The van der Waals surface area contributed by atoms with Gasteiger partial charge in [0.15, 0.2) is 5.65 Å². The van der Waals surface area contributed by atoms with E-state index in [1.54, 1.807) is 31.8 Å². The lowest BCUT2D eigenvalue weighted by Gasteiger charge is -2.28. The van der Waals surface area contributed by atoms with Gasteiger partial charge in [0, 0.05) is 25.9 Å². The van der Waals surface area contributed by atoms with Gasteiger partial charge in [-0.2, -0.15) is 4.98 Å². The molecule has 0 saturated heterocycles. The number of carbonyl (C=O) groups is 1. The molecule has 1 fully saturated rings. The number of hydrogen-bond acceptors (Lipinski definition) is 6. The Morgan fingerprint density at radius 2 is 2.00 bits per heavy atom. The number of anilines is 2. The Kier molecular flexibility index (Phi) is 5.48.